The molecule has 3 amide bonds. The van der Waals surface area contributed by atoms with E-state index in [9.17, 15) is 14.4 Å². The first kappa shape index (κ1) is 17.9. The molecule has 0 aromatic carbocycles. The number of likely N-dealkylation sites (tertiary alicyclic amines) is 1. The first-order valence-electron chi connectivity index (χ1n) is 8.14. The maximum absolute atomic E-state index is 12.2. The van der Waals surface area contributed by atoms with Crippen molar-refractivity contribution in [3.8, 4) is 0 Å². The van der Waals surface area contributed by atoms with Gasteiger partial charge in [0.15, 0.2) is 0 Å². The van der Waals surface area contributed by atoms with Crippen LogP contribution in [0.5, 0.6) is 0 Å². The van der Waals surface area contributed by atoms with E-state index < -0.39 is 11.3 Å². The summed E-state index contributed by atoms with van der Waals surface area (Å²) in [6, 6.07) is 3.25. The predicted molar refractivity (Wildman–Crippen MR) is 88.7 cm³/mol. The van der Waals surface area contributed by atoms with Crippen LogP contribution in [-0.2, 0) is 9.59 Å². The zero-order valence-corrected chi connectivity index (χ0v) is 14.2. The lowest BCUT2D eigenvalue weighted by atomic mass is 9.85. The van der Waals surface area contributed by atoms with Crippen molar-refractivity contribution >= 4 is 17.7 Å². The van der Waals surface area contributed by atoms with Crippen molar-refractivity contribution in [3.63, 3.8) is 0 Å². The quantitative estimate of drug-likeness (QED) is 0.795. The molecule has 2 rings (SSSR count). The first-order chi connectivity index (χ1) is 11.4. The van der Waals surface area contributed by atoms with Crippen LogP contribution in [0, 0.1) is 5.41 Å². The molecule has 1 saturated heterocycles. The molecule has 0 radical (unpaired) electrons. The highest BCUT2D eigenvalue weighted by atomic mass is 16.2. The Bertz CT molecular complexity index is 595. The molecule has 0 saturated carbocycles. The first-order valence-corrected chi connectivity index (χ1v) is 8.14. The van der Waals surface area contributed by atoms with E-state index in [0.717, 1.165) is 25.9 Å². The Hall–Kier alpha value is -2.44. The van der Waals surface area contributed by atoms with Gasteiger partial charge in [-0.25, -0.2) is 0 Å². The Morgan fingerprint density at radius 1 is 1.17 bits per heavy atom. The SMILES string of the molecule is CC(C)(CC(=O)NNC(=O)c1cccnc1)CC(=O)N1CCCC1. The molecule has 130 valence electrons. The summed E-state index contributed by atoms with van der Waals surface area (Å²) in [6.45, 7) is 5.37. The number of nitrogens with one attached hydrogen (secondary N) is 2. The van der Waals surface area contributed by atoms with Gasteiger partial charge in [0.1, 0.15) is 0 Å². The Labute approximate surface area is 141 Å². The molecule has 2 heterocycles. The molecule has 0 bridgehead atoms. The van der Waals surface area contributed by atoms with Crippen molar-refractivity contribution in [3.05, 3.63) is 30.1 Å². The summed E-state index contributed by atoms with van der Waals surface area (Å²) in [4.78, 5) is 41.8. The summed E-state index contributed by atoms with van der Waals surface area (Å²) < 4.78 is 0. The Balaban J connectivity index is 1.77. The summed E-state index contributed by atoms with van der Waals surface area (Å²) in [7, 11) is 0. The van der Waals surface area contributed by atoms with Gasteiger partial charge >= 0.3 is 0 Å². The van der Waals surface area contributed by atoms with E-state index in [4.69, 9.17) is 0 Å². The third-order valence-electron chi connectivity index (χ3n) is 3.97. The number of hydrazine groups is 1. The van der Waals surface area contributed by atoms with Crippen LogP contribution in [0.15, 0.2) is 24.5 Å². The summed E-state index contributed by atoms with van der Waals surface area (Å²) in [6.07, 6.45) is 5.55. The largest absolute Gasteiger partial charge is 0.343 e. The van der Waals surface area contributed by atoms with E-state index in [1.165, 1.54) is 6.20 Å². The molecule has 1 aliphatic rings. The molecule has 7 nitrogen and oxygen atoms in total. The average molecular weight is 332 g/mol. The van der Waals surface area contributed by atoms with E-state index >= 15 is 0 Å². The van der Waals surface area contributed by atoms with E-state index in [2.05, 4.69) is 15.8 Å². The van der Waals surface area contributed by atoms with Gasteiger partial charge in [-0.3, -0.25) is 30.2 Å². The smallest absolute Gasteiger partial charge is 0.271 e. The minimum Gasteiger partial charge on any atom is -0.343 e. The van der Waals surface area contributed by atoms with Gasteiger partial charge in [0.05, 0.1) is 5.56 Å². The summed E-state index contributed by atoms with van der Waals surface area (Å²) >= 11 is 0. The lowest BCUT2D eigenvalue weighted by Crippen LogP contribution is -2.43. The lowest BCUT2D eigenvalue weighted by Gasteiger charge is -2.26. The van der Waals surface area contributed by atoms with Crippen molar-refractivity contribution in [2.75, 3.05) is 13.1 Å². The van der Waals surface area contributed by atoms with E-state index in [0.29, 0.717) is 12.0 Å². The van der Waals surface area contributed by atoms with Gasteiger partial charge in [0.25, 0.3) is 5.91 Å². The maximum atomic E-state index is 12.2. The van der Waals surface area contributed by atoms with Crippen LogP contribution in [-0.4, -0.2) is 40.7 Å². The molecule has 0 aliphatic carbocycles. The standard InChI is InChI=1S/C17H24N4O3/c1-17(2,11-15(23)21-8-3-4-9-21)10-14(22)19-20-16(24)13-6-5-7-18-12-13/h5-7,12H,3-4,8-11H2,1-2H3,(H,19,22)(H,20,24). The minimum absolute atomic E-state index is 0.0877. The van der Waals surface area contributed by atoms with Crippen LogP contribution in [0.4, 0.5) is 0 Å². The summed E-state index contributed by atoms with van der Waals surface area (Å²) in [5, 5.41) is 0. The molecule has 24 heavy (non-hydrogen) atoms. The molecule has 0 spiro atoms. The highest BCUT2D eigenvalue weighted by molar-refractivity contribution is 5.95. The fraction of sp³-hybridized carbons (Fsp3) is 0.529. The van der Waals surface area contributed by atoms with Crippen LogP contribution in [0.25, 0.3) is 0 Å². The van der Waals surface area contributed by atoms with Gasteiger partial charge in [0.2, 0.25) is 11.8 Å². The number of nitrogens with zero attached hydrogens (tertiary/aromatic N) is 2. The van der Waals surface area contributed by atoms with E-state index in [1.807, 2.05) is 18.7 Å². The fourth-order valence-electron chi connectivity index (χ4n) is 2.72. The highest BCUT2D eigenvalue weighted by Gasteiger charge is 2.29. The van der Waals surface area contributed by atoms with Crippen molar-refractivity contribution in [1.29, 1.82) is 0 Å². The van der Waals surface area contributed by atoms with Crippen molar-refractivity contribution in [2.45, 2.75) is 39.5 Å². The Kier molecular flexibility index (Phi) is 5.89. The Morgan fingerprint density at radius 2 is 1.88 bits per heavy atom. The van der Waals surface area contributed by atoms with Crippen molar-refractivity contribution in [2.24, 2.45) is 5.41 Å². The van der Waals surface area contributed by atoms with Crippen LogP contribution < -0.4 is 10.9 Å². The molecule has 7 heteroatoms. The van der Waals surface area contributed by atoms with Crippen LogP contribution >= 0.6 is 0 Å². The highest BCUT2D eigenvalue weighted by Crippen LogP contribution is 2.26. The number of carbonyl (C=O) groups excluding carboxylic acids is 3. The number of pyridine rings is 1. The second-order valence-electron chi connectivity index (χ2n) is 6.85. The Morgan fingerprint density at radius 3 is 2.50 bits per heavy atom. The van der Waals surface area contributed by atoms with Gasteiger partial charge in [0, 0.05) is 38.3 Å². The van der Waals surface area contributed by atoms with Gasteiger partial charge in [-0.05, 0) is 30.4 Å². The number of rotatable bonds is 5. The van der Waals surface area contributed by atoms with Gasteiger partial charge in [-0.15, -0.1) is 0 Å². The number of carbonyl (C=O) groups is 3. The second-order valence-corrected chi connectivity index (χ2v) is 6.85. The lowest BCUT2D eigenvalue weighted by molar-refractivity contribution is -0.133. The maximum Gasteiger partial charge on any atom is 0.271 e. The van der Waals surface area contributed by atoms with Crippen LogP contribution in [0.2, 0.25) is 0 Å². The normalized spacial score (nSPS) is 14.3. The molecular weight excluding hydrogens is 308 g/mol. The monoisotopic (exact) mass is 332 g/mol. The minimum atomic E-state index is -0.469. The van der Waals surface area contributed by atoms with Crippen LogP contribution in [0.3, 0.4) is 0 Å². The third-order valence-corrected chi connectivity index (χ3v) is 3.97. The fourth-order valence-corrected chi connectivity index (χ4v) is 2.72. The van der Waals surface area contributed by atoms with Crippen molar-refractivity contribution < 1.29 is 14.4 Å². The molecule has 2 N–H and O–H groups in total. The average Bonchev–Trinajstić information content (AvgIpc) is 3.07. The number of hydrogen-bond acceptors (Lipinski definition) is 4. The number of hydrogen-bond donors (Lipinski definition) is 2. The van der Waals surface area contributed by atoms with Crippen LogP contribution in [0.1, 0.15) is 49.9 Å². The van der Waals surface area contributed by atoms with E-state index in [1.54, 1.807) is 18.3 Å². The molecule has 0 unspecified atom stereocenters. The molecule has 1 aliphatic heterocycles. The zero-order chi connectivity index (χ0) is 17.6. The second kappa shape index (κ2) is 7.90. The topological polar surface area (TPSA) is 91.4 Å². The van der Waals surface area contributed by atoms with E-state index in [-0.39, 0.29) is 18.2 Å². The molecular formula is C17H24N4O3. The summed E-state index contributed by atoms with van der Waals surface area (Å²) in [5.74, 6) is -0.668. The number of amides is 3. The van der Waals surface area contributed by atoms with Crippen molar-refractivity contribution in [1.82, 2.24) is 20.7 Å². The molecule has 0 atom stereocenters. The van der Waals surface area contributed by atoms with Gasteiger partial charge in [-0.1, -0.05) is 13.8 Å². The third kappa shape index (κ3) is 5.33. The van der Waals surface area contributed by atoms with Gasteiger partial charge < -0.3 is 4.90 Å². The predicted octanol–water partition coefficient (Wildman–Crippen LogP) is 1.27. The number of aromatic nitrogens is 1. The van der Waals surface area contributed by atoms with Gasteiger partial charge in [-0.2, -0.15) is 0 Å². The molecule has 1 aromatic rings. The molecule has 1 fully saturated rings. The summed E-state index contributed by atoms with van der Waals surface area (Å²) in [5.41, 5.74) is 4.64. The zero-order valence-electron chi connectivity index (χ0n) is 14.2. The molecule has 1 aromatic heterocycles.